The van der Waals surface area contributed by atoms with Gasteiger partial charge in [-0.1, -0.05) is 41.6 Å². The zero-order valence-corrected chi connectivity index (χ0v) is 15.4. The van der Waals surface area contributed by atoms with Crippen LogP contribution in [0.1, 0.15) is 32.9 Å². The van der Waals surface area contributed by atoms with Crippen molar-refractivity contribution < 1.29 is 4.79 Å². The quantitative estimate of drug-likeness (QED) is 0.553. The number of nitrogens with zero attached hydrogens (tertiary/aromatic N) is 1. The van der Waals surface area contributed by atoms with E-state index >= 15 is 0 Å². The van der Waals surface area contributed by atoms with Gasteiger partial charge >= 0.3 is 0 Å². The molecule has 2 heterocycles. The normalized spacial score (nSPS) is 15.0. The molecule has 0 saturated heterocycles. The summed E-state index contributed by atoms with van der Waals surface area (Å²) >= 11 is 1.56. The Morgan fingerprint density at radius 2 is 1.68 bits per heavy atom. The molecule has 2 aromatic carbocycles. The Morgan fingerprint density at radius 3 is 2.40 bits per heavy atom. The van der Waals surface area contributed by atoms with Gasteiger partial charge in [0.25, 0.3) is 0 Å². The van der Waals surface area contributed by atoms with Crippen LogP contribution in [0.15, 0.2) is 64.4 Å². The maximum absolute atomic E-state index is 12.6. The van der Waals surface area contributed by atoms with Crippen LogP contribution >= 0.6 is 11.8 Å². The zero-order chi connectivity index (χ0) is 17.6. The van der Waals surface area contributed by atoms with Gasteiger partial charge in [-0.25, -0.2) is 0 Å². The number of benzene rings is 2. The number of carbonyl (C=O) groups is 1. The Kier molecular flexibility index (Phi) is 3.89. The molecule has 0 fully saturated rings. The lowest BCUT2D eigenvalue weighted by Crippen LogP contribution is -1.99. The van der Waals surface area contributed by atoms with Crippen molar-refractivity contribution >= 4 is 23.6 Å². The fourth-order valence-corrected chi connectivity index (χ4v) is 4.34. The number of rotatable bonds is 2. The summed E-state index contributed by atoms with van der Waals surface area (Å²) < 4.78 is 2.24. The van der Waals surface area contributed by atoms with Crippen molar-refractivity contribution in [1.29, 1.82) is 0 Å². The molecule has 124 valence electrons. The van der Waals surface area contributed by atoms with Crippen molar-refractivity contribution in [2.24, 2.45) is 0 Å². The van der Waals surface area contributed by atoms with E-state index in [0.29, 0.717) is 0 Å². The second-order valence-electron chi connectivity index (χ2n) is 6.43. The Labute approximate surface area is 152 Å². The molecular formula is C22H19NOS. The van der Waals surface area contributed by atoms with Crippen LogP contribution in [-0.4, -0.2) is 10.4 Å². The molecule has 0 unspecified atom stereocenters. The number of aryl methyl sites for hydroxylation is 2. The van der Waals surface area contributed by atoms with Crippen molar-refractivity contribution in [2.75, 3.05) is 0 Å². The number of carbonyl (C=O) groups excluding carboxylic acids is 1. The maximum atomic E-state index is 12.6. The maximum Gasteiger partial charge on any atom is 0.200 e. The highest BCUT2D eigenvalue weighted by atomic mass is 32.2. The lowest BCUT2D eigenvalue weighted by molar-refractivity contribution is 0.104. The monoisotopic (exact) mass is 345 g/mol. The molecule has 1 aromatic heterocycles. The minimum atomic E-state index is 0.126. The van der Waals surface area contributed by atoms with Crippen molar-refractivity contribution in [2.45, 2.75) is 25.7 Å². The zero-order valence-electron chi connectivity index (χ0n) is 14.5. The highest BCUT2D eigenvalue weighted by Crippen LogP contribution is 2.41. The Bertz CT molecular complexity index is 1010. The third-order valence-electron chi connectivity index (χ3n) is 4.62. The SMILES string of the molecule is Cc1ccc(-n2c(C)cc(C=C3Sc4ccccc4C3=O)c2C)cc1. The number of aromatic nitrogens is 1. The van der Waals surface area contributed by atoms with Gasteiger partial charge in [0.1, 0.15) is 0 Å². The summed E-state index contributed by atoms with van der Waals surface area (Å²) in [5, 5.41) is 0. The van der Waals surface area contributed by atoms with Crippen LogP contribution in [0.4, 0.5) is 0 Å². The predicted octanol–water partition coefficient (Wildman–Crippen LogP) is 5.73. The van der Waals surface area contributed by atoms with Gasteiger partial charge in [-0.05, 0) is 62.7 Å². The first-order chi connectivity index (χ1) is 12.0. The fraction of sp³-hybridized carbons (Fsp3) is 0.136. The molecule has 3 heteroatoms. The summed E-state index contributed by atoms with van der Waals surface area (Å²) in [7, 11) is 0. The van der Waals surface area contributed by atoms with Gasteiger partial charge in [-0.2, -0.15) is 0 Å². The third kappa shape index (κ3) is 2.75. The number of allylic oxidation sites excluding steroid dienone is 1. The molecule has 2 nitrogen and oxygen atoms in total. The lowest BCUT2D eigenvalue weighted by atomic mass is 10.1. The summed E-state index contributed by atoms with van der Waals surface area (Å²) in [4.78, 5) is 14.5. The second-order valence-corrected chi connectivity index (χ2v) is 7.52. The first-order valence-electron chi connectivity index (χ1n) is 8.34. The molecule has 0 spiro atoms. The van der Waals surface area contributed by atoms with Crippen molar-refractivity contribution in [1.82, 2.24) is 4.57 Å². The van der Waals surface area contributed by atoms with Crippen LogP contribution in [0, 0.1) is 20.8 Å². The average molecular weight is 345 g/mol. The van der Waals surface area contributed by atoms with E-state index in [9.17, 15) is 4.79 Å². The van der Waals surface area contributed by atoms with Crippen molar-refractivity contribution in [3.63, 3.8) is 0 Å². The topological polar surface area (TPSA) is 22.0 Å². The smallest absolute Gasteiger partial charge is 0.200 e. The second kappa shape index (κ2) is 6.08. The average Bonchev–Trinajstić information content (AvgIpc) is 3.06. The minimum absolute atomic E-state index is 0.126. The molecule has 0 bridgehead atoms. The number of fused-ring (bicyclic) bond motifs is 1. The van der Waals surface area contributed by atoms with Crippen LogP contribution < -0.4 is 0 Å². The molecule has 1 aliphatic rings. The Hall–Kier alpha value is -2.52. The summed E-state index contributed by atoms with van der Waals surface area (Å²) in [6.07, 6.45) is 2.03. The molecule has 0 amide bonds. The van der Waals surface area contributed by atoms with Gasteiger partial charge in [0.2, 0.25) is 5.78 Å². The van der Waals surface area contributed by atoms with E-state index in [1.807, 2.05) is 30.3 Å². The highest BCUT2D eigenvalue weighted by molar-refractivity contribution is 8.04. The molecule has 0 aliphatic carbocycles. The van der Waals surface area contributed by atoms with Gasteiger partial charge in [0.05, 0.1) is 4.91 Å². The summed E-state index contributed by atoms with van der Waals surface area (Å²) in [5.74, 6) is 0.126. The van der Waals surface area contributed by atoms with Crippen molar-refractivity contribution in [3.8, 4) is 5.69 Å². The lowest BCUT2D eigenvalue weighted by Gasteiger charge is -2.10. The van der Waals surface area contributed by atoms with E-state index in [-0.39, 0.29) is 5.78 Å². The number of hydrogen-bond acceptors (Lipinski definition) is 2. The predicted molar refractivity (Wildman–Crippen MR) is 105 cm³/mol. The van der Waals surface area contributed by atoms with Gasteiger partial charge in [-0.15, -0.1) is 0 Å². The van der Waals surface area contributed by atoms with E-state index in [4.69, 9.17) is 0 Å². The van der Waals surface area contributed by atoms with Gasteiger partial charge < -0.3 is 4.57 Å². The molecule has 0 atom stereocenters. The number of thioether (sulfide) groups is 1. The van der Waals surface area contributed by atoms with E-state index in [0.717, 1.165) is 32.3 Å². The summed E-state index contributed by atoms with van der Waals surface area (Å²) in [6, 6.07) is 18.5. The highest BCUT2D eigenvalue weighted by Gasteiger charge is 2.25. The number of ketones is 1. The molecule has 1 aliphatic heterocycles. The van der Waals surface area contributed by atoms with Gasteiger partial charge in [-0.3, -0.25) is 4.79 Å². The van der Waals surface area contributed by atoms with E-state index in [1.165, 1.54) is 11.3 Å². The van der Waals surface area contributed by atoms with Crippen molar-refractivity contribution in [3.05, 3.63) is 87.6 Å². The molecule has 3 aromatic rings. The molecule has 25 heavy (non-hydrogen) atoms. The molecular weight excluding hydrogens is 326 g/mol. The van der Waals surface area contributed by atoms with E-state index in [1.54, 1.807) is 11.8 Å². The van der Waals surface area contributed by atoms with Gasteiger partial charge in [0, 0.05) is 27.5 Å². The van der Waals surface area contributed by atoms with Crippen LogP contribution in [0.2, 0.25) is 0 Å². The summed E-state index contributed by atoms with van der Waals surface area (Å²) in [6.45, 7) is 6.30. The fourth-order valence-electron chi connectivity index (χ4n) is 3.30. The van der Waals surface area contributed by atoms with E-state index < -0.39 is 0 Å². The van der Waals surface area contributed by atoms with Crippen LogP contribution in [0.3, 0.4) is 0 Å². The minimum Gasteiger partial charge on any atom is -0.318 e. The number of hydrogen-bond donors (Lipinski definition) is 0. The Balaban J connectivity index is 1.75. The van der Waals surface area contributed by atoms with E-state index in [2.05, 4.69) is 55.7 Å². The van der Waals surface area contributed by atoms with Crippen LogP contribution in [-0.2, 0) is 0 Å². The largest absolute Gasteiger partial charge is 0.318 e. The standard InChI is InChI=1S/C22H19NOS/c1-14-8-10-18(11-9-14)23-15(2)12-17(16(23)3)13-21-22(24)19-6-4-5-7-20(19)25-21/h4-13H,1-3H3. The number of Topliss-reactive ketones (excluding diaryl/α,β-unsaturated/α-hetero) is 1. The molecule has 4 rings (SSSR count). The van der Waals surface area contributed by atoms with Crippen LogP contribution in [0.5, 0.6) is 0 Å². The first kappa shape index (κ1) is 16.0. The van der Waals surface area contributed by atoms with Gasteiger partial charge in [0.15, 0.2) is 0 Å². The molecule has 0 saturated carbocycles. The third-order valence-corrected chi connectivity index (χ3v) is 5.72. The molecule has 0 radical (unpaired) electrons. The Morgan fingerprint density at radius 1 is 0.960 bits per heavy atom. The first-order valence-corrected chi connectivity index (χ1v) is 9.15. The van der Waals surface area contributed by atoms with Crippen LogP contribution in [0.25, 0.3) is 11.8 Å². The summed E-state index contributed by atoms with van der Waals surface area (Å²) in [5.41, 5.74) is 6.63. The molecule has 0 N–H and O–H groups in total.